The number of aromatic nitrogens is 1. The van der Waals surface area contributed by atoms with Crippen molar-refractivity contribution in [3.8, 4) is 0 Å². The first-order chi connectivity index (χ1) is 11.8. The van der Waals surface area contributed by atoms with E-state index in [1.807, 2.05) is 18.2 Å². The highest BCUT2D eigenvalue weighted by Crippen LogP contribution is 2.29. The molecule has 7 nitrogen and oxygen atoms in total. The number of rotatable bonds is 5. The van der Waals surface area contributed by atoms with Gasteiger partial charge in [0.15, 0.2) is 5.13 Å². The molecule has 26 heavy (non-hydrogen) atoms. The molecule has 2 aromatic rings. The topological polar surface area (TPSA) is 96.6 Å². The minimum Gasteiger partial charge on any atom is -0.345 e. The molecule has 0 aliphatic carbocycles. The molecule has 1 amide bonds. The monoisotopic (exact) mass is 418 g/mol. The van der Waals surface area contributed by atoms with Crippen LogP contribution in [0.15, 0.2) is 24.3 Å². The number of hydrogen-bond donors (Lipinski definition) is 1. The van der Waals surface area contributed by atoms with Gasteiger partial charge in [0.05, 0.1) is 22.0 Å². The molecule has 3 rings (SSSR count). The fourth-order valence-electron chi connectivity index (χ4n) is 2.81. The highest BCUT2D eigenvalue weighted by atomic mass is 35.5. The van der Waals surface area contributed by atoms with Gasteiger partial charge < -0.3 is 15.5 Å². The maximum atomic E-state index is 12.4. The lowest BCUT2D eigenvalue weighted by Gasteiger charge is -2.35. The summed E-state index contributed by atoms with van der Waals surface area (Å²) in [6.45, 7) is 2.54. The Kier molecular flexibility index (Phi) is 6.84. The molecule has 1 aromatic heterocycles. The quantitative estimate of drug-likeness (QED) is 0.781. The van der Waals surface area contributed by atoms with Crippen LogP contribution in [0.25, 0.3) is 10.2 Å². The molecule has 10 heteroatoms. The summed E-state index contributed by atoms with van der Waals surface area (Å²) in [5.41, 5.74) is 6.86. The highest BCUT2D eigenvalue weighted by Gasteiger charge is 2.26. The molecule has 1 aromatic carbocycles. The average molecular weight is 419 g/mol. The molecular weight excluding hydrogens is 396 g/mol. The third-order valence-corrected chi connectivity index (χ3v) is 6.34. The van der Waals surface area contributed by atoms with Crippen molar-refractivity contribution < 1.29 is 13.2 Å². The summed E-state index contributed by atoms with van der Waals surface area (Å²) in [5.74, 6) is -0.237. The van der Waals surface area contributed by atoms with Gasteiger partial charge in [-0.3, -0.25) is 4.79 Å². The Morgan fingerprint density at radius 2 is 1.92 bits per heavy atom. The van der Waals surface area contributed by atoms with Crippen molar-refractivity contribution in [2.24, 2.45) is 5.73 Å². The molecule has 0 bridgehead atoms. The van der Waals surface area contributed by atoms with Gasteiger partial charge in [-0.1, -0.05) is 23.5 Å². The van der Waals surface area contributed by atoms with Crippen LogP contribution >= 0.6 is 23.7 Å². The van der Waals surface area contributed by atoms with Crippen LogP contribution in [0.3, 0.4) is 0 Å². The molecule has 1 aliphatic heterocycles. The van der Waals surface area contributed by atoms with E-state index in [0.29, 0.717) is 26.2 Å². The number of fused-ring (bicyclic) bond motifs is 1. The van der Waals surface area contributed by atoms with E-state index >= 15 is 0 Å². The van der Waals surface area contributed by atoms with Gasteiger partial charge in [0, 0.05) is 32.4 Å². The summed E-state index contributed by atoms with van der Waals surface area (Å²) in [7, 11) is -3.11. The molecule has 1 aliphatic rings. The van der Waals surface area contributed by atoms with Gasteiger partial charge in [-0.2, -0.15) is 0 Å². The molecule has 1 atom stereocenters. The van der Waals surface area contributed by atoms with E-state index in [0.717, 1.165) is 21.6 Å². The Bertz CT molecular complexity index is 830. The number of benzene rings is 1. The van der Waals surface area contributed by atoms with Crippen LogP contribution in [0, 0.1) is 0 Å². The van der Waals surface area contributed by atoms with Gasteiger partial charge in [-0.25, -0.2) is 13.4 Å². The molecule has 0 saturated carbocycles. The molecular formula is C16H23ClN4O3S2. The number of amides is 1. The van der Waals surface area contributed by atoms with E-state index in [9.17, 15) is 13.2 Å². The molecule has 1 fully saturated rings. The molecule has 0 radical (unpaired) electrons. The number of thiazole rings is 1. The van der Waals surface area contributed by atoms with Crippen LogP contribution in [0.4, 0.5) is 5.13 Å². The summed E-state index contributed by atoms with van der Waals surface area (Å²) < 4.78 is 23.6. The fraction of sp³-hybridized carbons (Fsp3) is 0.500. The number of halogens is 1. The Balaban J connectivity index is 0.00000243. The van der Waals surface area contributed by atoms with Gasteiger partial charge in [0.1, 0.15) is 9.84 Å². The number of sulfone groups is 1. The van der Waals surface area contributed by atoms with Gasteiger partial charge >= 0.3 is 0 Å². The second-order valence-corrected chi connectivity index (χ2v) is 9.57. The van der Waals surface area contributed by atoms with E-state index in [1.165, 1.54) is 0 Å². The number of nitrogens with zero attached hydrogens (tertiary/aromatic N) is 3. The number of piperazine rings is 1. The summed E-state index contributed by atoms with van der Waals surface area (Å²) in [5, 5.41) is 0.967. The molecule has 2 heterocycles. The van der Waals surface area contributed by atoms with Crippen molar-refractivity contribution >= 4 is 54.8 Å². The maximum absolute atomic E-state index is 12.4. The van der Waals surface area contributed by atoms with Crippen molar-refractivity contribution in [1.82, 2.24) is 9.88 Å². The second-order valence-electron chi connectivity index (χ2n) is 6.30. The molecule has 1 saturated heterocycles. The zero-order valence-electron chi connectivity index (χ0n) is 14.5. The number of carbonyl (C=O) groups is 1. The van der Waals surface area contributed by atoms with E-state index < -0.39 is 15.9 Å². The van der Waals surface area contributed by atoms with Crippen LogP contribution < -0.4 is 10.6 Å². The first-order valence-electron chi connectivity index (χ1n) is 8.16. The van der Waals surface area contributed by atoms with Crippen molar-refractivity contribution in [3.63, 3.8) is 0 Å². The Morgan fingerprint density at radius 3 is 2.54 bits per heavy atom. The first kappa shape index (κ1) is 20.9. The Hall–Kier alpha value is -1.42. The summed E-state index contributed by atoms with van der Waals surface area (Å²) >= 11 is 1.65. The van der Waals surface area contributed by atoms with Crippen LogP contribution in [0.5, 0.6) is 0 Å². The largest absolute Gasteiger partial charge is 0.345 e. The molecule has 2 N–H and O–H groups in total. The maximum Gasteiger partial charge on any atom is 0.239 e. The van der Waals surface area contributed by atoms with E-state index in [4.69, 9.17) is 5.73 Å². The van der Waals surface area contributed by atoms with Crippen LogP contribution in [0.1, 0.15) is 6.42 Å². The third-order valence-electron chi connectivity index (χ3n) is 4.26. The summed E-state index contributed by atoms with van der Waals surface area (Å²) in [6.07, 6.45) is 1.32. The van der Waals surface area contributed by atoms with Crippen LogP contribution in [-0.4, -0.2) is 68.4 Å². The van der Waals surface area contributed by atoms with Crippen LogP contribution in [0.2, 0.25) is 0 Å². The summed E-state index contributed by atoms with van der Waals surface area (Å²) in [6, 6.07) is 7.26. The average Bonchev–Trinajstić information content (AvgIpc) is 3.02. The Morgan fingerprint density at radius 1 is 1.27 bits per heavy atom. The van der Waals surface area contributed by atoms with E-state index in [1.54, 1.807) is 16.2 Å². The minimum absolute atomic E-state index is 0. The number of para-hydroxylation sites is 1. The smallest absolute Gasteiger partial charge is 0.239 e. The lowest BCUT2D eigenvalue weighted by atomic mass is 10.2. The van der Waals surface area contributed by atoms with Crippen molar-refractivity contribution in [3.05, 3.63) is 24.3 Å². The number of hydrogen-bond acceptors (Lipinski definition) is 7. The molecule has 144 valence electrons. The Labute approximate surface area is 163 Å². The standard InChI is InChI=1S/C16H22N4O3S2.ClH/c1-25(22,23)11-6-12(17)15(21)19-7-9-20(10-8-19)16-18-13-4-2-3-5-14(13)24-16;/h2-5,12H,6-11,17H2,1H3;1H. The predicted molar refractivity (Wildman–Crippen MR) is 108 cm³/mol. The number of anilines is 1. The van der Waals surface area contributed by atoms with E-state index in [2.05, 4.69) is 16.0 Å². The van der Waals surface area contributed by atoms with Crippen molar-refractivity contribution in [1.29, 1.82) is 0 Å². The fourth-order valence-corrected chi connectivity index (χ4v) is 4.51. The number of carbonyl (C=O) groups excluding carboxylic acids is 1. The van der Waals surface area contributed by atoms with Gasteiger partial charge in [0.2, 0.25) is 5.91 Å². The predicted octanol–water partition coefficient (Wildman–Crippen LogP) is 1.13. The van der Waals surface area contributed by atoms with Gasteiger partial charge in [-0.05, 0) is 18.6 Å². The zero-order valence-corrected chi connectivity index (χ0v) is 16.9. The SMILES string of the molecule is CS(=O)(=O)CCC(N)C(=O)N1CCN(c2nc3ccccc3s2)CC1.Cl. The molecule has 1 unspecified atom stereocenters. The normalized spacial score (nSPS) is 16.4. The zero-order chi connectivity index (χ0) is 18.0. The lowest BCUT2D eigenvalue weighted by Crippen LogP contribution is -2.53. The van der Waals surface area contributed by atoms with Gasteiger partial charge in [-0.15, -0.1) is 12.4 Å². The molecule has 0 spiro atoms. The highest BCUT2D eigenvalue weighted by molar-refractivity contribution is 7.90. The van der Waals surface area contributed by atoms with Crippen molar-refractivity contribution in [2.75, 3.05) is 43.1 Å². The number of nitrogens with two attached hydrogens (primary N) is 1. The van der Waals surface area contributed by atoms with Crippen molar-refractivity contribution in [2.45, 2.75) is 12.5 Å². The summed E-state index contributed by atoms with van der Waals surface area (Å²) in [4.78, 5) is 20.9. The lowest BCUT2D eigenvalue weighted by molar-refractivity contribution is -0.132. The second kappa shape index (κ2) is 8.51. The first-order valence-corrected chi connectivity index (χ1v) is 11.0. The van der Waals surface area contributed by atoms with Gasteiger partial charge in [0.25, 0.3) is 0 Å². The minimum atomic E-state index is -3.11. The van der Waals surface area contributed by atoms with E-state index in [-0.39, 0.29) is 30.5 Å². The third kappa shape index (κ3) is 5.06. The van der Waals surface area contributed by atoms with Crippen LogP contribution in [-0.2, 0) is 14.6 Å².